The lowest BCUT2D eigenvalue weighted by Crippen LogP contribution is -2.37. The minimum Gasteiger partial charge on any atom is -0.346 e. The molecule has 0 saturated carbocycles. The van der Waals surface area contributed by atoms with Gasteiger partial charge in [0.25, 0.3) is 0 Å². The number of anilines is 1. The maximum absolute atomic E-state index is 12.5. The van der Waals surface area contributed by atoms with Crippen molar-refractivity contribution in [3.8, 4) is 0 Å². The zero-order chi connectivity index (χ0) is 16.9. The Kier molecular flexibility index (Phi) is 5.30. The Morgan fingerprint density at radius 1 is 1.08 bits per heavy atom. The zero-order valence-electron chi connectivity index (χ0n) is 13.2. The summed E-state index contributed by atoms with van der Waals surface area (Å²) in [4.78, 5) is 24.5. The summed E-state index contributed by atoms with van der Waals surface area (Å²) < 4.78 is 0.811. The standard InChI is InChI=1S/C19H19BrN2O2/c20-16-10-3-4-11-17(16)22-18(23)12-21-19(24)15-9-5-7-13-6-1-2-8-14(13)15/h1-4,6,8,10-11,15H,5,7,9,12H2,(H,21,24)(H,22,23). The molecule has 0 aliphatic heterocycles. The van der Waals surface area contributed by atoms with Crippen molar-refractivity contribution in [2.24, 2.45) is 0 Å². The number of carbonyl (C=O) groups excluding carboxylic acids is 2. The highest BCUT2D eigenvalue weighted by molar-refractivity contribution is 9.10. The van der Waals surface area contributed by atoms with Gasteiger partial charge in [-0.2, -0.15) is 0 Å². The molecule has 124 valence electrons. The Labute approximate surface area is 149 Å². The van der Waals surface area contributed by atoms with E-state index >= 15 is 0 Å². The maximum atomic E-state index is 12.5. The number of aryl methyl sites for hydroxylation is 1. The lowest BCUT2D eigenvalue weighted by Gasteiger charge is -2.24. The summed E-state index contributed by atoms with van der Waals surface area (Å²) in [5, 5.41) is 5.55. The van der Waals surface area contributed by atoms with Crippen molar-refractivity contribution in [3.63, 3.8) is 0 Å². The number of nitrogens with one attached hydrogen (secondary N) is 2. The third-order valence-electron chi connectivity index (χ3n) is 4.26. The van der Waals surface area contributed by atoms with Crippen molar-refractivity contribution >= 4 is 33.4 Å². The molecule has 1 aliphatic carbocycles. The molecule has 0 bridgehead atoms. The number of hydrogen-bond acceptors (Lipinski definition) is 2. The molecule has 0 radical (unpaired) electrons. The predicted molar refractivity (Wildman–Crippen MR) is 97.9 cm³/mol. The lowest BCUT2D eigenvalue weighted by molar-refractivity contribution is -0.125. The second-order valence-electron chi connectivity index (χ2n) is 5.89. The van der Waals surface area contributed by atoms with Crippen LogP contribution in [-0.4, -0.2) is 18.4 Å². The molecule has 0 spiro atoms. The van der Waals surface area contributed by atoms with E-state index in [0.717, 1.165) is 29.3 Å². The van der Waals surface area contributed by atoms with Crippen molar-refractivity contribution in [3.05, 3.63) is 64.1 Å². The molecule has 4 nitrogen and oxygen atoms in total. The normalized spacial score (nSPS) is 16.1. The Morgan fingerprint density at radius 3 is 2.67 bits per heavy atom. The van der Waals surface area contributed by atoms with E-state index in [9.17, 15) is 9.59 Å². The fourth-order valence-electron chi connectivity index (χ4n) is 3.07. The first-order chi connectivity index (χ1) is 11.6. The molecule has 2 aromatic rings. The fraction of sp³-hybridized carbons (Fsp3) is 0.263. The molecule has 0 aromatic heterocycles. The second-order valence-corrected chi connectivity index (χ2v) is 6.74. The minimum atomic E-state index is -0.237. The summed E-state index contributed by atoms with van der Waals surface area (Å²) in [5.74, 6) is -0.477. The van der Waals surface area contributed by atoms with Gasteiger partial charge in [-0.05, 0) is 58.5 Å². The molecule has 0 heterocycles. The van der Waals surface area contributed by atoms with Gasteiger partial charge in [0, 0.05) is 4.47 Å². The Bertz CT molecular complexity index is 761. The zero-order valence-corrected chi connectivity index (χ0v) is 14.8. The van der Waals surface area contributed by atoms with Crippen LogP contribution in [0, 0.1) is 0 Å². The first-order valence-electron chi connectivity index (χ1n) is 8.05. The summed E-state index contributed by atoms with van der Waals surface area (Å²) in [5.41, 5.74) is 3.02. The molecule has 2 amide bonds. The van der Waals surface area contributed by atoms with Crippen molar-refractivity contribution in [2.45, 2.75) is 25.2 Å². The molecule has 2 N–H and O–H groups in total. The molecular formula is C19H19BrN2O2. The summed E-state index contributed by atoms with van der Waals surface area (Å²) in [6.07, 6.45) is 2.84. The number of carbonyl (C=O) groups is 2. The molecule has 0 fully saturated rings. The van der Waals surface area contributed by atoms with E-state index in [2.05, 4.69) is 32.6 Å². The predicted octanol–water partition coefficient (Wildman–Crippen LogP) is 3.62. The molecule has 24 heavy (non-hydrogen) atoms. The molecule has 5 heteroatoms. The number of fused-ring (bicyclic) bond motifs is 1. The molecular weight excluding hydrogens is 368 g/mol. The van der Waals surface area contributed by atoms with Gasteiger partial charge < -0.3 is 10.6 Å². The van der Waals surface area contributed by atoms with E-state index in [1.807, 2.05) is 36.4 Å². The van der Waals surface area contributed by atoms with Crippen molar-refractivity contribution < 1.29 is 9.59 Å². The van der Waals surface area contributed by atoms with Crippen molar-refractivity contribution in [1.29, 1.82) is 0 Å². The highest BCUT2D eigenvalue weighted by Crippen LogP contribution is 2.31. The van der Waals surface area contributed by atoms with E-state index in [1.54, 1.807) is 6.07 Å². The molecule has 2 aromatic carbocycles. The smallest absolute Gasteiger partial charge is 0.243 e. The summed E-state index contributed by atoms with van der Waals surface area (Å²) in [6.45, 7) is -0.0289. The van der Waals surface area contributed by atoms with Crippen LogP contribution in [0.3, 0.4) is 0 Å². The summed E-state index contributed by atoms with van der Waals surface area (Å²) in [7, 11) is 0. The van der Waals surface area contributed by atoms with Gasteiger partial charge in [0.15, 0.2) is 0 Å². The minimum absolute atomic E-state index is 0.0289. The Balaban J connectivity index is 1.58. The van der Waals surface area contributed by atoms with Crippen LogP contribution in [0.15, 0.2) is 53.0 Å². The van der Waals surface area contributed by atoms with Gasteiger partial charge >= 0.3 is 0 Å². The van der Waals surface area contributed by atoms with Crippen LogP contribution in [0.4, 0.5) is 5.69 Å². The first-order valence-corrected chi connectivity index (χ1v) is 8.84. The largest absolute Gasteiger partial charge is 0.346 e. The SMILES string of the molecule is O=C(CNC(=O)C1CCCc2ccccc21)Nc1ccccc1Br. The van der Waals surface area contributed by atoms with E-state index in [1.165, 1.54) is 5.56 Å². The Morgan fingerprint density at radius 2 is 1.83 bits per heavy atom. The second kappa shape index (κ2) is 7.62. The summed E-state index contributed by atoms with van der Waals surface area (Å²) >= 11 is 3.38. The highest BCUT2D eigenvalue weighted by atomic mass is 79.9. The monoisotopic (exact) mass is 386 g/mol. The number of para-hydroxylation sites is 1. The van der Waals surface area contributed by atoms with E-state index in [-0.39, 0.29) is 24.3 Å². The topological polar surface area (TPSA) is 58.2 Å². The molecule has 3 rings (SSSR count). The summed E-state index contributed by atoms with van der Waals surface area (Å²) in [6, 6.07) is 15.4. The van der Waals surface area contributed by atoms with Gasteiger partial charge in [-0.3, -0.25) is 9.59 Å². The van der Waals surface area contributed by atoms with Gasteiger partial charge in [0.2, 0.25) is 11.8 Å². The van der Waals surface area contributed by atoms with Crippen LogP contribution >= 0.6 is 15.9 Å². The van der Waals surface area contributed by atoms with E-state index in [0.29, 0.717) is 5.69 Å². The quantitative estimate of drug-likeness (QED) is 0.842. The average Bonchev–Trinajstić information content (AvgIpc) is 2.61. The molecule has 1 aliphatic rings. The van der Waals surface area contributed by atoms with Crippen LogP contribution in [0.1, 0.15) is 29.9 Å². The third-order valence-corrected chi connectivity index (χ3v) is 4.95. The molecule has 1 unspecified atom stereocenters. The van der Waals surface area contributed by atoms with Gasteiger partial charge in [-0.1, -0.05) is 36.4 Å². The van der Waals surface area contributed by atoms with E-state index < -0.39 is 0 Å². The number of rotatable bonds is 4. The average molecular weight is 387 g/mol. The number of hydrogen-bond donors (Lipinski definition) is 2. The van der Waals surface area contributed by atoms with E-state index in [4.69, 9.17) is 0 Å². The van der Waals surface area contributed by atoms with Gasteiger partial charge in [0.1, 0.15) is 0 Å². The van der Waals surface area contributed by atoms with Crippen LogP contribution < -0.4 is 10.6 Å². The fourth-order valence-corrected chi connectivity index (χ4v) is 3.46. The van der Waals surface area contributed by atoms with Gasteiger partial charge in [-0.25, -0.2) is 0 Å². The molecule has 1 atom stereocenters. The van der Waals surface area contributed by atoms with Crippen LogP contribution in [-0.2, 0) is 16.0 Å². The first kappa shape index (κ1) is 16.7. The van der Waals surface area contributed by atoms with Crippen LogP contribution in [0.25, 0.3) is 0 Å². The third kappa shape index (κ3) is 3.85. The molecule has 0 saturated heterocycles. The number of benzene rings is 2. The number of amides is 2. The van der Waals surface area contributed by atoms with Crippen molar-refractivity contribution in [1.82, 2.24) is 5.32 Å². The van der Waals surface area contributed by atoms with Crippen LogP contribution in [0.5, 0.6) is 0 Å². The highest BCUT2D eigenvalue weighted by Gasteiger charge is 2.26. The van der Waals surface area contributed by atoms with Crippen molar-refractivity contribution in [2.75, 3.05) is 11.9 Å². The maximum Gasteiger partial charge on any atom is 0.243 e. The lowest BCUT2D eigenvalue weighted by atomic mass is 9.82. The number of halogens is 1. The van der Waals surface area contributed by atoms with Gasteiger partial charge in [-0.15, -0.1) is 0 Å². The van der Waals surface area contributed by atoms with Gasteiger partial charge in [0.05, 0.1) is 18.2 Å². The Hall–Kier alpha value is -2.14. The van der Waals surface area contributed by atoms with Crippen LogP contribution in [0.2, 0.25) is 0 Å².